The van der Waals surface area contributed by atoms with Crippen LogP contribution in [0.2, 0.25) is 0 Å². The smallest absolute Gasteiger partial charge is 0.234 e. The Kier molecular flexibility index (Phi) is 7.39. The molecule has 0 bridgehead atoms. The summed E-state index contributed by atoms with van der Waals surface area (Å²) in [6.45, 7) is 1.90. The van der Waals surface area contributed by atoms with Crippen molar-refractivity contribution in [3.8, 4) is 0 Å². The molecule has 0 heterocycles. The van der Waals surface area contributed by atoms with E-state index in [0.29, 0.717) is 0 Å². The van der Waals surface area contributed by atoms with Gasteiger partial charge in [-0.15, -0.1) is 0 Å². The Balaban J connectivity index is 3.46. The van der Waals surface area contributed by atoms with E-state index in [9.17, 15) is 14.4 Å². The molecule has 15 heavy (non-hydrogen) atoms. The first-order chi connectivity index (χ1) is 7.06. The first-order valence-corrected chi connectivity index (χ1v) is 4.69. The van der Waals surface area contributed by atoms with Crippen molar-refractivity contribution in [3.05, 3.63) is 0 Å². The quantitative estimate of drug-likeness (QED) is 0.439. The molecule has 0 rings (SSSR count). The molecule has 0 unspecified atom stereocenters. The molecule has 0 saturated carbocycles. The highest BCUT2D eigenvalue weighted by molar-refractivity contribution is 5.86. The lowest BCUT2D eigenvalue weighted by molar-refractivity contribution is -0.124. The van der Waals surface area contributed by atoms with E-state index in [2.05, 4.69) is 16.0 Å². The predicted octanol–water partition coefficient (Wildman–Crippen LogP) is -1.93. The minimum atomic E-state index is -0.289. The second kappa shape index (κ2) is 8.07. The molecule has 0 radical (unpaired) electrons. The van der Waals surface area contributed by atoms with Crippen molar-refractivity contribution >= 4 is 17.5 Å². The summed E-state index contributed by atoms with van der Waals surface area (Å²) in [5.74, 6) is -0.408. The molecule has 3 N–H and O–H groups in total. The van der Waals surface area contributed by atoms with Gasteiger partial charge in [-0.25, -0.2) is 0 Å². The predicted molar refractivity (Wildman–Crippen MR) is 55.5 cm³/mol. The van der Waals surface area contributed by atoms with Gasteiger partial charge < -0.3 is 16.0 Å². The lowest BCUT2D eigenvalue weighted by Gasteiger charge is -2.04. The summed E-state index contributed by atoms with van der Waals surface area (Å²) in [5.41, 5.74) is 0. The fourth-order valence-electron chi connectivity index (χ4n) is 0.861. The maximum atomic E-state index is 11.0. The Hall–Kier alpha value is -1.27. The van der Waals surface area contributed by atoms with E-state index in [0.717, 1.165) is 0 Å². The van der Waals surface area contributed by atoms with E-state index in [1.165, 1.54) is 6.92 Å². The van der Waals surface area contributed by atoms with Gasteiger partial charge in [0.05, 0.1) is 26.2 Å². The van der Waals surface area contributed by atoms with Crippen molar-refractivity contribution in [1.29, 1.82) is 0 Å². The fraction of sp³-hybridized carbons (Fsp3) is 0.667. The van der Waals surface area contributed by atoms with Gasteiger partial charge in [-0.3, -0.25) is 14.4 Å². The molecule has 0 aliphatic heterocycles. The average molecular weight is 215 g/mol. The van der Waals surface area contributed by atoms with E-state index in [-0.39, 0.29) is 43.7 Å². The van der Waals surface area contributed by atoms with Gasteiger partial charge in [0.25, 0.3) is 0 Å². The van der Waals surface area contributed by atoms with Crippen LogP contribution < -0.4 is 16.0 Å². The Bertz CT molecular complexity index is 241. The van der Waals surface area contributed by atoms with Gasteiger partial charge in [0.15, 0.2) is 5.78 Å². The second-order valence-electron chi connectivity index (χ2n) is 3.15. The van der Waals surface area contributed by atoms with Crippen LogP contribution in [-0.4, -0.2) is 50.7 Å². The molecule has 0 aliphatic rings. The van der Waals surface area contributed by atoms with Crippen molar-refractivity contribution in [3.63, 3.8) is 0 Å². The van der Waals surface area contributed by atoms with Crippen LogP contribution in [0.3, 0.4) is 0 Å². The molecular weight excluding hydrogens is 198 g/mol. The summed E-state index contributed by atoms with van der Waals surface area (Å²) in [6, 6.07) is 0. The Morgan fingerprint density at radius 2 is 1.67 bits per heavy atom. The van der Waals surface area contributed by atoms with Crippen LogP contribution in [0.5, 0.6) is 0 Å². The number of carbonyl (C=O) groups is 3. The Morgan fingerprint density at radius 1 is 1.00 bits per heavy atom. The standard InChI is InChI=1S/C9H17N3O3/c1-7(13)3-12-9(15)6-11-5-8(14)4-10-2/h10-11H,3-6H2,1-2H3,(H,12,15). The third kappa shape index (κ3) is 9.04. The summed E-state index contributed by atoms with van der Waals surface area (Å²) in [7, 11) is 1.68. The van der Waals surface area contributed by atoms with E-state index in [4.69, 9.17) is 0 Å². The topological polar surface area (TPSA) is 87.3 Å². The number of nitrogens with one attached hydrogen (secondary N) is 3. The first-order valence-electron chi connectivity index (χ1n) is 4.69. The molecular formula is C9H17N3O3. The van der Waals surface area contributed by atoms with Crippen molar-refractivity contribution < 1.29 is 14.4 Å². The number of ketones is 2. The van der Waals surface area contributed by atoms with E-state index < -0.39 is 0 Å². The summed E-state index contributed by atoms with van der Waals surface area (Å²) >= 11 is 0. The number of rotatable bonds is 8. The van der Waals surface area contributed by atoms with Crippen molar-refractivity contribution in [2.45, 2.75) is 6.92 Å². The second-order valence-corrected chi connectivity index (χ2v) is 3.15. The zero-order valence-corrected chi connectivity index (χ0v) is 9.05. The third-order valence-corrected chi connectivity index (χ3v) is 1.52. The van der Waals surface area contributed by atoms with Gasteiger partial charge in [-0.05, 0) is 14.0 Å². The highest BCUT2D eigenvalue weighted by Gasteiger charge is 2.03. The summed E-state index contributed by atoms with van der Waals surface area (Å²) in [5, 5.41) is 7.80. The number of likely N-dealkylation sites (N-methyl/N-ethyl adjacent to an activating group) is 1. The van der Waals surface area contributed by atoms with Gasteiger partial charge in [-0.2, -0.15) is 0 Å². The van der Waals surface area contributed by atoms with Crippen LogP contribution in [0.1, 0.15) is 6.92 Å². The minimum absolute atomic E-state index is 0.0168. The van der Waals surface area contributed by atoms with Crippen LogP contribution >= 0.6 is 0 Å². The number of Topliss-reactive ketones (excluding diaryl/α,β-unsaturated/α-hetero) is 2. The third-order valence-electron chi connectivity index (χ3n) is 1.52. The molecule has 0 aromatic carbocycles. The van der Waals surface area contributed by atoms with Crippen LogP contribution in [-0.2, 0) is 14.4 Å². The zero-order chi connectivity index (χ0) is 11.7. The van der Waals surface area contributed by atoms with Crippen molar-refractivity contribution in [1.82, 2.24) is 16.0 Å². The Labute approximate surface area is 88.8 Å². The number of hydrogen-bond donors (Lipinski definition) is 3. The van der Waals surface area contributed by atoms with Crippen LogP contribution in [0.15, 0.2) is 0 Å². The summed E-state index contributed by atoms with van der Waals surface area (Å²) in [4.78, 5) is 32.5. The molecule has 6 heteroatoms. The van der Waals surface area contributed by atoms with Gasteiger partial charge in [0.2, 0.25) is 5.91 Å². The maximum Gasteiger partial charge on any atom is 0.234 e. The lowest BCUT2D eigenvalue weighted by Crippen LogP contribution is -2.39. The molecule has 0 aromatic rings. The molecule has 0 saturated heterocycles. The highest BCUT2D eigenvalue weighted by Crippen LogP contribution is 1.70. The molecule has 0 aromatic heterocycles. The van der Waals surface area contributed by atoms with Crippen molar-refractivity contribution in [2.24, 2.45) is 0 Å². The van der Waals surface area contributed by atoms with Gasteiger partial charge >= 0.3 is 0 Å². The molecule has 6 nitrogen and oxygen atoms in total. The number of carbonyl (C=O) groups excluding carboxylic acids is 3. The molecule has 0 fully saturated rings. The molecule has 1 amide bonds. The van der Waals surface area contributed by atoms with Crippen molar-refractivity contribution in [2.75, 3.05) is 33.2 Å². The normalized spacial score (nSPS) is 9.73. The molecule has 0 spiro atoms. The van der Waals surface area contributed by atoms with Crippen LogP contribution in [0.4, 0.5) is 0 Å². The van der Waals surface area contributed by atoms with E-state index >= 15 is 0 Å². The Morgan fingerprint density at radius 3 is 2.20 bits per heavy atom. The average Bonchev–Trinajstić information content (AvgIpc) is 2.15. The molecule has 0 atom stereocenters. The van der Waals surface area contributed by atoms with Gasteiger partial charge in [-0.1, -0.05) is 0 Å². The van der Waals surface area contributed by atoms with Gasteiger partial charge in [0.1, 0.15) is 5.78 Å². The summed E-state index contributed by atoms with van der Waals surface area (Å²) in [6.07, 6.45) is 0. The first kappa shape index (κ1) is 13.7. The monoisotopic (exact) mass is 215 g/mol. The SMILES string of the molecule is CNCC(=O)CNCC(=O)NCC(C)=O. The van der Waals surface area contributed by atoms with Crippen LogP contribution in [0, 0.1) is 0 Å². The van der Waals surface area contributed by atoms with E-state index in [1.54, 1.807) is 7.05 Å². The number of amides is 1. The zero-order valence-electron chi connectivity index (χ0n) is 9.05. The molecule has 0 aliphatic carbocycles. The molecule has 86 valence electrons. The summed E-state index contributed by atoms with van der Waals surface area (Å²) < 4.78 is 0. The van der Waals surface area contributed by atoms with Gasteiger partial charge in [0, 0.05) is 0 Å². The lowest BCUT2D eigenvalue weighted by atomic mass is 10.4. The maximum absolute atomic E-state index is 11.0. The fourth-order valence-corrected chi connectivity index (χ4v) is 0.861. The largest absolute Gasteiger partial charge is 0.348 e. The number of hydrogen-bond acceptors (Lipinski definition) is 5. The van der Waals surface area contributed by atoms with Crippen LogP contribution in [0.25, 0.3) is 0 Å². The minimum Gasteiger partial charge on any atom is -0.348 e. The van der Waals surface area contributed by atoms with E-state index in [1.807, 2.05) is 0 Å². The highest BCUT2D eigenvalue weighted by atomic mass is 16.2.